The first-order valence-electron chi connectivity index (χ1n) is 4.95. The monoisotopic (exact) mass is 191 g/mol. The van der Waals surface area contributed by atoms with Crippen molar-refractivity contribution >= 4 is 5.90 Å². The summed E-state index contributed by atoms with van der Waals surface area (Å²) in [5, 5.41) is 7.71. The number of rotatable bonds is 3. The molecule has 1 atom stereocenters. The second-order valence-corrected chi connectivity index (χ2v) is 3.53. The molecule has 0 fully saturated rings. The van der Waals surface area contributed by atoms with Crippen LogP contribution in [-0.2, 0) is 4.74 Å². The Labute approximate surface area is 85.4 Å². The predicted octanol–water partition coefficient (Wildman–Crippen LogP) is 3.14. The van der Waals surface area contributed by atoms with Crippen LogP contribution >= 0.6 is 0 Å². The largest absolute Gasteiger partial charge is 0.475 e. The summed E-state index contributed by atoms with van der Waals surface area (Å²) in [6, 6.07) is 7.81. The lowest BCUT2D eigenvalue weighted by Crippen LogP contribution is -2.13. The van der Waals surface area contributed by atoms with Gasteiger partial charge in [-0.2, -0.15) is 0 Å². The average Bonchev–Trinajstić information content (AvgIpc) is 2.18. The van der Waals surface area contributed by atoms with Crippen LogP contribution in [0.25, 0.3) is 0 Å². The summed E-state index contributed by atoms with van der Waals surface area (Å²) in [7, 11) is 0. The molecule has 2 nitrogen and oxygen atoms in total. The summed E-state index contributed by atoms with van der Waals surface area (Å²) in [6.07, 6.45) is 1.04. The van der Waals surface area contributed by atoms with Crippen molar-refractivity contribution in [3.05, 3.63) is 35.4 Å². The van der Waals surface area contributed by atoms with Crippen LogP contribution in [-0.4, -0.2) is 12.0 Å². The SMILES string of the molecule is CCC(C)OC(=N)c1ccc(C)cc1. The van der Waals surface area contributed by atoms with Crippen molar-refractivity contribution in [3.63, 3.8) is 0 Å². The molecule has 0 radical (unpaired) electrons. The highest BCUT2D eigenvalue weighted by Gasteiger charge is 2.05. The van der Waals surface area contributed by atoms with Gasteiger partial charge in [-0.05, 0) is 32.4 Å². The van der Waals surface area contributed by atoms with Crippen LogP contribution in [0.5, 0.6) is 0 Å². The number of hydrogen-bond acceptors (Lipinski definition) is 2. The number of ether oxygens (including phenoxy) is 1. The van der Waals surface area contributed by atoms with Gasteiger partial charge in [-0.25, -0.2) is 0 Å². The third kappa shape index (κ3) is 2.87. The van der Waals surface area contributed by atoms with Crippen molar-refractivity contribution in [1.29, 1.82) is 5.41 Å². The first-order chi connectivity index (χ1) is 6.63. The number of aryl methyl sites for hydroxylation is 1. The molecule has 0 aromatic heterocycles. The van der Waals surface area contributed by atoms with Crippen LogP contribution in [0.15, 0.2) is 24.3 Å². The zero-order chi connectivity index (χ0) is 10.6. The van der Waals surface area contributed by atoms with Gasteiger partial charge in [0.1, 0.15) is 0 Å². The van der Waals surface area contributed by atoms with Gasteiger partial charge in [0.15, 0.2) is 0 Å². The van der Waals surface area contributed by atoms with Gasteiger partial charge in [-0.3, -0.25) is 5.41 Å². The van der Waals surface area contributed by atoms with Crippen LogP contribution in [0.4, 0.5) is 0 Å². The van der Waals surface area contributed by atoms with Crippen LogP contribution in [0.2, 0.25) is 0 Å². The molecular formula is C12H17NO. The third-order valence-electron chi connectivity index (χ3n) is 2.21. The van der Waals surface area contributed by atoms with Gasteiger partial charge in [0.05, 0.1) is 6.10 Å². The van der Waals surface area contributed by atoms with Gasteiger partial charge in [0, 0.05) is 5.56 Å². The van der Waals surface area contributed by atoms with Gasteiger partial charge in [-0.15, -0.1) is 0 Å². The molecule has 0 saturated heterocycles. The molecule has 76 valence electrons. The molecule has 0 aliphatic carbocycles. The molecule has 14 heavy (non-hydrogen) atoms. The Bertz CT molecular complexity index is 303. The lowest BCUT2D eigenvalue weighted by molar-refractivity contribution is 0.203. The summed E-state index contributed by atoms with van der Waals surface area (Å²) in [4.78, 5) is 0. The molecule has 0 spiro atoms. The number of hydrogen-bond donors (Lipinski definition) is 1. The van der Waals surface area contributed by atoms with Crippen molar-refractivity contribution in [2.24, 2.45) is 0 Å². The van der Waals surface area contributed by atoms with Gasteiger partial charge in [-0.1, -0.05) is 24.6 Å². The fraction of sp³-hybridized carbons (Fsp3) is 0.417. The van der Waals surface area contributed by atoms with Crippen LogP contribution in [0, 0.1) is 12.3 Å². The maximum Gasteiger partial charge on any atom is 0.213 e. The van der Waals surface area contributed by atoms with Gasteiger partial charge in [0.25, 0.3) is 0 Å². The first-order valence-corrected chi connectivity index (χ1v) is 4.95. The molecular weight excluding hydrogens is 174 g/mol. The lowest BCUT2D eigenvalue weighted by Gasteiger charge is -2.13. The minimum absolute atomic E-state index is 0.115. The predicted molar refractivity (Wildman–Crippen MR) is 58.8 cm³/mol. The van der Waals surface area contributed by atoms with E-state index in [2.05, 4.69) is 0 Å². The molecule has 0 aliphatic rings. The van der Waals surface area contributed by atoms with E-state index in [4.69, 9.17) is 10.1 Å². The van der Waals surface area contributed by atoms with E-state index in [9.17, 15) is 0 Å². The molecule has 0 bridgehead atoms. The Balaban J connectivity index is 2.65. The van der Waals surface area contributed by atoms with Gasteiger partial charge in [0.2, 0.25) is 5.90 Å². The topological polar surface area (TPSA) is 33.1 Å². The van der Waals surface area contributed by atoms with E-state index in [0.29, 0.717) is 0 Å². The molecule has 0 heterocycles. The summed E-state index contributed by atoms with van der Waals surface area (Å²) in [5.74, 6) is 0.263. The molecule has 1 rings (SSSR count). The van der Waals surface area contributed by atoms with E-state index in [1.54, 1.807) is 0 Å². The van der Waals surface area contributed by atoms with Crippen molar-refractivity contribution in [3.8, 4) is 0 Å². The molecule has 0 aliphatic heterocycles. The Morgan fingerprint density at radius 2 is 1.93 bits per heavy atom. The van der Waals surface area contributed by atoms with E-state index >= 15 is 0 Å². The van der Waals surface area contributed by atoms with E-state index in [1.807, 2.05) is 45.0 Å². The van der Waals surface area contributed by atoms with Gasteiger partial charge >= 0.3 is 0 Å². The molecule has 1 unspecified atom stereocenters. The fourth-order valence-corrected chi connectivity index (χ4v) is 1.06. The molecule has 1 aromatic rings. The summed E-state index contributed by atoms with van der Waals surface area (Å²) in [5.41, 5.74) is 2.04. The lowest BCUT2D eigenvalue weighted by atomic mass is 10.1. The second-order valence-electron chi connectivity index (χ2n) is 3.53. The minimum atomic E-state index is 0.115. The van der Waals surface area contributed by atoms with E-state index in [-0.39, 0.29) is 12.0 Å². The fourth-order valence-electron chi connectivity index (χ4n) is 1.06. The Hall–Kier alpha value is -1.31. The van der Waals surface area contributed by atoms with E-state index < -0.39 is 0 Å². The second kappa shape index (κ2) is 4.80. The summed E-state index contributed by atoms with van der Waals surface area (Å²) >= 11 is 0. The van der Waals surface area contributed by atoms with E-state index in [1.165, 1.54) is 5.56 Å². The zero-order valence-corrected chi connectivity index (χ0v) is 9.00. The molecule has 2 heteroatoms. The smallest absolute Gasteiger partial charge is 0.213 e. The minimum Gasteiger partial charge on any atom is -0.475 e. The highest BCUT2D eigenvalue weighted by molar-refractivity contribution is 5.91. The molecule has 1 aromatic carbocycles. The molecule has 1 N–H and O–H groups in total. The quantitative estimate of drug-likeness (QED) is 0.578. The highest BCUT2D eigenvalue weighted by Crippen LogP contribution is 2.07. The van der Waals surface area contributed by atoms with Crippen molar-refractivity contribution in [1.82, 2.24) is 0 Å². The Kier molecular flexibility index (Phi) is 3.69. The first kappa shape index (κ1) is 10.8. The normalized spacial score (nSPS) is 12.2. The van der Waals surface area contributed by atoms with Crippen LogP contribution < -0.4 is 0 Å². The highest BCUT2D eigenvalue weighted by atomic mass is 16.5. The molecule has 0 amide bonds. The average molecular weight is 191 g/mol. The van der Waals surface area contributed by atoms with Gasteiger partial charge < -0.3 is 4.74 Å². The zero-order valence-electron chi connectivity index (χ0n) is 9.00. The molecule has 0 saturated carbocycles. The van der Waals surface area contributed by atoms with E-state index in [0.717, 1.165) is 12.0 Å². The maximum absolute atomic E-state index is 7.71. The van der Waals surface area contributed by atoms with Crippen LogP contribution in [0.3, 0.4) is 0 Å². The summed E-state index contributed by atoms with van der Waals surface area (Å²) in [6.45, 7) is 6.05. The Morgan fingerprint density at radius 1 is 1.36 bits per heavy atom. The van der Waals surface area contributed by atoms with Crippen molar-refractivity contribution in [2.75, 3.05) is 0 Å². The third-order valence-corrected chi connectivity index (χ3v) is 2.21. The standard InChI is InChI=1S/C12H17NO/c1-4-10(3)14-12(13)11-7-5-9(2)6-8-11/h5-8,10,13H,4H2,1-3H3. The van der Waals surface area contributed by atoms with Crippen molar-refractivity contribution in [2.45, 2.75) is 33.3 Å². The van der Waals surface area contributed by atoms with Crippen LogP contribution in [0.1, 0.15) is 31.4 Å². The number of nitrogens with one attached hydrogen (secondary N) is 1. The van der Waals surface area contributed by atoms with Crippen molar-refractivity contribution < 1.29 is 4.74 Å². The summed E-state index contributed by atoms with van der Waals surface area (Å²) < 4.78 is 5.41. The Morgan fingerprint density at radius 3 is 2.43 bits per heavy atom. The number of benzene rings is 1. The maximum atomic E-state index is 7.71.